The van der Waals surface area contributed by atoms with Crippen LogP contribution in [0.25, 0.3) is 0 Å². The third-order valence-electron chi connectivity index (χ3n) is 15.1. The van der Waals surface area contributed by atoms with Crippen molar-refractivity contribution in [3.8, 4) is 91.1 Å². The van der Waals surface area contributed by atoms with Gasteiger partial charge in [0.15, 0.2) is 43.0 Å². The number of hydrogen-bond donors (Lipinski definition) is 11. The zero-order chi connectivity index (χ0) is 116. The number of amides is 2. The second-order valence-electron chi connectivity index (χ2n) is 30.9. The largest absolute Gasteiger partial charge is 0.493 e. The number of urea groups is 1. The highest BCUT2D eigenvalue weighted by Gasteiger charge is 2.21. The molecule has 59 nitrogen and oxygen atoms in total. The van der Waals surface area contributed by atoms with Crippen LogP contribution in [0, 0.1) is 89.8 Å². The molecule has 0 bridgehead atoms. The summed E-state index contributed by atoms with van der Waals surface area (Å²) in [6.45, 7) is 7.47. The number of esters is 1. The lowest BCUT2D eigenvalue weighted by molar-refractivity contribution is -0.179. The number of hydrazine groups is 2. The predicted octanol–water partition coefficient (Wildman–Crippen LogP) is -5.33. The Morgan fingerprint density at radius 3 is 1.23 bits per heavy atom. The van der Waals surface area contributed by atoms with Crippen LogP contribution in [0.3, 0.4) is 0 Å². The monoisotopic (exact) mass is 2180 g/mol. The van der Waals surface area contributed by atoms with Gasteiger partial charge in [0, 0.05) is 191 Å². The first-order valence-corrected chi connectivity index (χ1v) is 46.3. The number of terminal acetylenes is 5. The number of methoxy groups -OCH3 is 4. The standard InChI is InChI=1S/C12H17N5O2.C11H10O4.C9H11N5O3.C9H15N5O2.C9H13N5O2.C9H12N4O2.C6H10N4O2.C5H13NO2.C5H7NO2.C4H9NOSi.C3H3Br.C3H9N3O.C2H8N2.CH4/c1-6-7-16-11(18)8-10(13-9-14(2)3)17(12(16)19)15(4)5;1-14-9-5-3-8(4-6-11(12)13)7-10(9)15-2;1-4-5-13-8(15)6(11-17)7(10)14(9(13)16)12(2)3;1-12(2)6-10-7-5-8(15)11-9(16)14(7)13(3)4;1-4-5-13-8(15)6(10)7(11)14(9(13)16)12(2)3;1-4-5-12-8(14)6-7(10)13(9(12)15)11(2)3;1-9(2)10-4(7)3-5(11)8-6(10)12;1-6(2)5(7-3)8-4;1-2-8-5(7)3-4-6;1-7(2,3)5-4-6;1-2-3-4;1-6(2)5-3(4)7;1-4(2)3;/h1,8-9H,7H2,2-5H3;3,5,7H,1-2H3,(H,12,13);1H,5,10H2,2-3H3;5-6H,1-4H3,(H,11,15,16);1H,5,10-11H2,2-3H3;1,6H,5,10H2,2-3H3;3H,7H2,1-2H3,(H,8,11,12);5H,1-4H3;2-3H2,1H3;1-3H3;1H,3H2;1-2H3,(H3,4,5,7);3H2,1-2H3;1H4. The number of hydrogen-bond acceptors (Lipinski definition) is 42. The van der Waals surface area contributed by atoms with E-state index in [1.54, 1.807) is 193 Å². The van der Waals surface area contributed by atoms with E-state index >= 15 is 0 Å². The van der Waals surface area contributed by atoms with Crippen molar-refractivity contribution in [2.24, 2.45) is 31.4 Å². The summed E-state index contributed by atoms with van der Waals surface area (Å²) in [7, 11) is 42.2. The molecule has 0 radical (unpaired) electrons. The van der Waals surface area contributed by atoms with Gasteiger partial charge in [-0.2, -0.15) is 33.3 Å². The number of aliphatic imine (C=N–C) groups is 2. The first kappa shape index (κ1) is 144. The van der Waals surface area contributed by atoms with Gasteiger partial charge in [0.2, 0.25) is 18.2 Å². The Hall–Kier alpha value is -17.9. The normalized spacial score (nSPS) is 9.57. The van der Waals surface area contributed by atoms with E-state index in [4.69, 9.17) is 102 Å². The van der Waals surface area contributed by atoms with Crippen molar-refractivity contribution in [3.05, 3.63) is 178 Å². The number of nitrogens with zero attached hydrogens (tertiary/aromatic N) is 26. The number of primary amides is 1. The molecule has 7 rings (SSSR count). The molecule has 0 saturated carbocycles. The van der Waals surface area contributed by atoms with Crippen LogP contribution < -0.4 is 153 Å². The van der Waals surface area contributed by atoms with Crippen molar-refractivity contribution in [3.63, 3.8) is 0 Å². The highest BCUT2D eigenvalue weighted by atomic mass is 79.9. The van der Waals surface area contributed by atoms with Gasteiger partial charge in [0.25, 0.3) is 33.4 Å². The Morgan fingerprint density at radius 2 is 0.919 bits per heavy atom. The molecule has 18 N–H and O–H groups in total. The van der Waals surface area contributed by atoms with Gasteiger partial charge in [-0.1, -0.05) is 58.9 Å². The van der Waals surface area contributed by atoms with E-state index < -0.39 is 99.4 Å². The molecule has 61 heteroatoms. The number of aliphatic carboxylic acids is 1. The maximum atomic E-state index is 12.2. The van der Waals surface area contributed by atoms with E-state index in [-0.39, 0.29) is 87.0 Å². The van der Waals surface area contributed by atoms with Crippen molar-refractivity contribution >= 4 is 107 Å². The molecule has 0 aliphatic carbocycles. The number of benzene rings is 1. The second kappa shape index (κ2) is 75.9. The molecule has 0 aliphatic heterocycles. The van der Waals surface area contributed by atoms with E-state index in [0.717, 1.165) is 33.8 Å². The number of nitrogens with two attached hydrogens (primary N) is 7. The van der Waals surface area contributed by atoms with Gasteiger partial charge in [-0.05, 0) is 64.0 Å². The van der Waals surface area contributed by atoms with Crippen LogP contribution in [0.1, 0.15) is 26.3 Å². The molecule has 0 spiro atoms. The lowest BCUT2D eigenvalue weighted by atomic mass is 10.2. The summed E-state index contributed by atoms with van der Waals surface area (Å²) in [5, 5.41) is 31.2. The fourth-order valence-electron chi connectivity index (χ4n) is 9.54. The predicted molar refractivity (Wildman–Crippen MR) is 587 cm³/mol. The van der Waals surface area contributed by atoms with E-state index in [9.17, 15) is 81.6 Å². The maximum absolute atomic E-state index is 12.2. The number of carbonyl (C=O) groups excluding carboxylic acids is 3. The van der Waals surface area contributed by atoms with Crippen molar-refractivity contribution in [1.82, 2.24) is 86.4 Å². The van der Waals surface area contributed by atoms with Crippen LogP contribution in [-0.2, 0) is 54.8 Å². The number of nitriles is 1. The first-order valence-electron chi connectivity index (χ1n) is 41.7. The fourth-order valence-corrected chi connectivity index (χ4v) is 9.81. The molecule has 0 saturated heterocycles. The van der Waals surface area contributed by atoms with Gasteiger partial charge in [0.1, 0.15) is 23.7 Å². The molecule has 1 aromatic carbocycles. The smallest absolute Gasteiger partial charge is 0.382 e. The zero-order valence-corrected chi connectivity index (χ0v) is 91.2. The molecular formula is C88H141BrN36O23Si. The Labute approximate surface area is 870 Å². The zero-order valence-electron chi connectivity index (χ0n) is 88.6. The molecule has 0 fully saturated rings. The van der Waals surface area contributed by atoms with E-state index in [1.165, 1.54) is 108 Å². The number of halogens is 1. The minimum atomic E-state index is -1.46. The molecule has 0 unspecified atom stereocenters. The van der Waals surface area contributed by atoms with Crippen molar-refractivity contribution in [2.45, 2.75) is 73.0 Å². The minimum absolute atomic E-state index is 0. The number of nitroso groups, excluding NO2 is 1. The van der Waals surface area contributed by atoms with Gasteiger partial charge < -0.3 is 103 Å². The number of aromatic nitrogens is 12. The lowest BCUT2D eigenvalue weighted by Gasteiger charge is -2.20. The average Bonchev–Trinajstić information content (AvgIpc) is 1.00. The molecule has 6 aromatic heterocycles. The van der Waals surface area contributed by atoms with E-state index in [1.807, 2.05) is 44.6 Å². The number of carboxylic acid groups (broad SMARTS) is 1. The summed E-state index contributed by atoms with van der Waals surface area (Å²) in [5.74, 6) is 20.5. The Morgan fingerprint density at radius 1 is 0.544 bits per heavy atom. The summed E-state index contributed by atoms with van der Waals surface area (Å²) >= 11 is 3.01. The molecule has 822 valence electrons. The van der Waals surface area contributed by atoms with Gasteiger partial charge in [0.05, 0.1) is 71.1 Å². The fraction of sp³-hybridized carbons (Fsp3) is 0.443. The average molecular weight is 2180 g/mol. The summed E-state index contributed by atoms with van der Waals surface area (Å²) in [6.07, 6.45) is 29.3. The highest BCUT2D eigenvalue weighted by Crippen LogP contribution is 2.27. The quantitative estimate of drug-likeness (QED) is 0.00230. The van der Waals surface area contributed by atoms with Gasteiger partial charge in [-0.25, -0.2) is 81.1 Å². The topological polar surface area (TPSA) is 740 Å². The van der Waals surface area contributed by atoms with Crippen LogP contribution in [-0.4, -0.2) is 333 Å². The third kappa shape index (κ3) is 56.1. The third-order valence-corrected chi connectivity index (χ3v) is 16.2. The molecule has 6 heterocycles. The number of nitrogens with one attached hydrogen (secondary N) is 3. The SMILES string of the molecule is C.C#CCBr.C#CCn1c(=O)c(N)c(N)n(N(C)C)c1=O.C#CCn1c(=O)c(N=O)c(N)n(N(C)C)c1=O.C#CCn1c(=O)cc(N)n(N(C)C)c1=O.C#CCn1c(=O)cc(N=CN(C)C)n(N(C)C)c1=O.CCOC(=O)CC#N.CN(C)C=Nc1cc(=O)[nH]c(=O)n1N(C)C.CN(C)N.CN(C)NC(N)=O.CN(C)n1c(N)cc(=O)[nH]c1=O.COC(OC)N(C)C.COc1ccc(C#CC(=O)O)cc1OC.C[Si](C)(C)N=C=O. The van der Waals surface area contributed by atoms with E-state index in [0.29, 0.717) is 33.6 Å². The van der Waals surface area contributed by atoms with Crippen LogP contribution in [0.4, 0.5) is 51.1 Å². The van der Waals surface area contributed by atoms with E-state index in [2.05, 4.69) is 91.4 Å². The Kier molecular flexibility index (Phi) is 73.4. The Balaban J connectivity index is -0.000000299. The summed E-state index contributed by atoms with van der Waals surface area (Å²) in [5.41, 5.74) is 27.5. The summed E-state index contributed by atoms with van der Waals surface area (Å²) < 4.78 is 38.2. The summed E-state index contributed by atoms with van der Waals surface area (Å²) in [4.78, 5) is 207. The maximum Gasteiger partial charge on any atom is 0.382 e. The number of rotatable bonds is 24. The number of isocyanates is 1. The molecule has 7 aromatic rings. The number of nitrogen functional groups attached to an aromatic ring is 5. The molecule has 149 heavy (non-hydrogen) atoms. The molecule has 0 aliphatic rings. The van der Waals surface area contributed by atoms with Crippen LogP contribution in [0.2, 0.25) is 19.6 Å². The number of carboxylic acids is 1. The van der Waals surface area contributed by atoms with Crippen LogP contribution in [0.15, 0.2) is 120 Å². The first-order chi connectivity index (χ1) is 68.7. The Bertz CT molecular complexity index is 6680. The van der Waals surface area contributed by atoms with Gasteiger partial charge in [-0.15, -0.1) is 37.0 Å². The number of anilines is 5. The number of alkyl halides is 1. The number of aromatic amines is 2. The molecular weight excluding hydrogens is 2040 g/mol. The van der Waals surface area contributed by atoms with Crippen molar-refractivity contribution in [2.75, 3.05) is 254 Å². The minimum Gasteiger partial charge on any atom is -0.493 e. The van der Waals surface area contributed by atoms with Crippen molar-refractivity contribution < 1.29 is 48.0 Å². The number of carbonyl (C=O) groups is 3. The van der Waals surface area contributed by atoms with Crippen molar-refractivity contribution in [1.29, 1.82) is 5.26 Å². The summed E-state index contributed by atoms with van der Waals surface area (Å²) in [6, 6.07) is 11.0. The number of ether oxygens (including phenoxy) is 5. The van der Waals surface area contributed by atoms with Crippen LogP contribution >= 0.6 is 15.9 Å². The van der Waals surface area contributed by atoms with Gasteiger partial charge >= 0.3 is 52.1 Å². The lowest BCUT2D eigenvalue weighted by Crippen LogP contribution is -2.48. The number of H-pyrrole nitrogens is 2. The molecule has 0 atom stereocenters. The van der Waals surface area contributed by atoms with Crippen LogP contribution in [0.5, 0.6) is 11.5 Å². The highest BCUT2D eigenvalue weighted by molar-refractivity contribution is 9.09. The molecule has 2 amide bonds. The second-order valence-corrected chi connectivity index (χ2v) is 36.0. The van der Waals surface area contributed by atoms with Gasteiger partial charge in [-0.3, -0.25) is 64.7 Å².